The third-order valence-electron chi connectivity index (χ3n) is 4.08. The van der Waals surface area contributed by atoms with Crippen LogP contribution in [0.15, 0.2) is 54.0 Å². The standard InChI is InChI=1S/C20H16N4OS/c1-13-19(26-12-21-13)20(25)22-16-8-4-2-6-14(16)10-11-18-15-7-3-5-9-17(15)23-24-18/h2-12H,1H3,(H,22,25)(H,23,24). The van der Waals surface area contributed by atoms with Crippen LogP contribution in [0.4, 0.5) is 5.69 Å². The van der Waals surface area contributed by atoms with E-state index < -0.39 is 0 Å². The maximum Gasteiger partial charge on any atom is 0.267 e. The number of carbonyl (C=O) groups excluding carboxylic acids is 1. The Bertz CT molecular complexity index is 1110. The zero-order valence-corrected chi connectivity index (χ0v) is 14.9. The summed E-state index contributed by atoms with van der Waals surface area (Å²) in [7, 11) is 0. The largest absolute Gasteiger partial charge is 0.321 e. The zero-order chi connectivity index (χ0) is 17.9. The van der Waals surface area contributed by atoms with Crippen molar-refractivity contribution in [1.82, 2.24) is 15.2 Å². The fraction of sp³-hybridized carbons (Fsp3) is 0.0500. The summed E-state index contributed by atoms with van der Waals surface area (Å²) in [5, 5.41) is 11.4. The molecule has 0 bridgehead atoms. The number of amides is 1. The van der Waals surface area contributed by atoms with E-state index in [0.717, 1.165) is 33.5 Å². The maximum absolute atomic E-state index is 12.5. The number of hydrogen-bond donors (Lipinski definition) is 2. The van der Waals surface area contributed by atoms with Gasteiger partial charge in [-0.3, -0.25) is 9.89 Å². The monoisotopic (exact) mass is 360 g/mol. The molecule has 128 valence electrons. The molecule has 6 heteroatoms. The minimum Gasteiger partial charge on any atom is -0.321 e. The first-order valence-corrected chi connectivity index (χ1v) is 9.02. The van der Waals surface area contributed by atoms with Gasteiger partial charge in [-0.15, -0.1) is 11.3 Å². The van der Waals surface area contributed by atoms with Crippen molar-refractivity contribution in [2.45, 2.75) is 6.92 Å². The highest BCUT2D eigenvalue weighted by Crippen LogP contribution is 2.22. The second-order valence-corrected chi connectivity index (χ2v) is 6.65. The number of H-pyrrole nitrogens is 1. The lowest BCUT2D eigenvalue weighted by molar-refractivity contribution is 0.103. The van der Waals surface area contributed by atoms with E-state index in [2.05, 4.69) is 20.5 Å². The van der Waals surface area contributed by atoms with Crippen LogP contribution in [0.1, 0.15) is 26.6 Å². The number of fused-ring (bicyclic) bond motifs is 1. The second kappa shape index (κ2) is 6.93. The molecule has 2 aromatic heterocycles. The van der Waals surface area contributed by atoms with E-state index in [1.165, 1.54) is 11.3 Å². The summed E-state index contributed by atoms with van der Waals surface area (Å²) in [6.45, 7) is 1.83. The summed E-state index contributed by atoms with van der Waals surface area (Å²) in [6, 6.07) is 15.7. The van der Waals surface area contributed by atoms with Gasteiger partial charge in [-0.25, -0.2) is 4.98 Å². The topological polar surface area (TPSA) is 70.7 Å². The van der Waals surface area contributed by atoms with Crippen LogP contribution in [-0.2, 0) is 0 Å². The predicted octanol–water partition coefficient (Wildman–Crippen LogP) is 4.75. The highest BCUT2D eigenvalue weighted by molar-refractivity contribution is 7.12. The van der Waals surface area contributed by atoms with E-state index in [1.54, 1.807) is 5.51 Å². The van der Waals surface area contributed by atoms with Gasteiger partial charge in [0.15, 0.2) is 0 Å². The van der Waals surface area contributed by atoms with Gasteiger partial charge in [-0.05, 0) is 30.7 Å². The number of aryl methyl sites for hydroxylation is 1. The molecule has 0 spiro atoms. The zero-order valence-electron chi connectivity index (χ0n) is 14.1. The van der Waals surface area contributed by atoms with E-state index >= 15 is 0 Å². The Kier molecular flexibility index (Phi) is 4.33. The Morgan fingerprint density at radius 3 is 2.77 bits per heavy atom. The Morgan fingerprint density at radius 2 is 1.92 bits per heavy atom. The summed E-state index contributed by atoms with van der Waals surface area (Å²) in [5.41, 5.74) is 5.94. The maximum atomic E-state index is 12.5. The van der Waals surface area contributed by atoms with E-state index in [9.17, 15) is 4.79 Å². The van der Waals surface area contributed by atoms with Crippen molar-refractivity contribution in [3.63, 3.8) is 0 Å². The molecule has 0 saturated heterocycles. The van der Waals surface area contributed by atoms with Gasteiger partial charge in [0.2, 0.25) is 0 Å². The number of hydrogen-bond acceptors (Lipinski definition) is 4. The lowest BCUT2D eigenvalue weighted by Gasteiger charge is -2.07. The van der Waals surface area contributed by atoms with Crippen molar-refractivity contribution in [3.8, 4) is 0 Å². The highest BCUT2D eigenvalue weighted by atomic mass is 32.1. The lowest BCUT2D eigenvalue weighted by Crippen LogP contribution is -2.12. The number of aromatic amines is 1. The lowest BCUT2D eigenvalue weighted by atomic mass is 10.1. The van der Waals surface area contributed by atoms with Crippen LogP contribution in [0.2, 0.25) is 0 Å². The van der Waals surface area contributed by atoms with Gasteiger partial charge >= 0.3 is 0 Å². The summed E-state index contributed by atoms with van der Waals surface area (Å²) >= 11 is 1.34. The van der Waals surface area contributed by atoms with Crippen LogP contribution in [0.25, 0.3) is 23.1 Å². The smallest absolute Gasteiger partial charge is 0.267 e. The number of para-hydroxylation sites is 2. The molecule has 0 radical (unpaired) electrons. The van der Waals surface area contributed by atoms with Gasteiger partial charge < -0.3 is 5.32 Å². The normalized spacial score (nSPS) is 11.3. The quantitative estimate of drug-likeness (QED) is 0.552. The molecule has 0 fully saturated rings. The molecular formula is C20H16N4OS. The molecule has 4 rings (SSSR count). The first kappa shape index (κ1) is 16.2. The fourth-order valence-corrected chi connectivity index (χ4v) is 3.43. The number of thiazole rings is 1. The number of anilines is 1. The van der Waals surface area contributed by atoms with Crippen molar-refractivity contribution >= 4 is 46.0 Å². The Labute approximate surface area is 154 Å². The molecule has 0 saturated carbocycles. The average Bonchev–Trinajstić information content (AvgIpc) is 3.27. The van der Waals surface area contributed by atoms with Gasteiger partial charge in [0.05, 0.1) is 22.4 Å². The second-order valence-electron chi connectivity index (χ2n) is 5.80. The minimum absolute atomic E-state index is 0.143. The van der Waals surface area contributed by atoms with Gasteiger partial charge in [-0.1, -0.05) is 42.5 Å². The van der Waals surface area contributed by atoms with Crippen molar-refractivity contribution in [2.75, 3.05) is 5.32 Å². The van der Waals surface area contributed by atoms with Crippen molar-refractivity contribution in [2.24, 2.45) is 0 Å². The van der Waals surface area contributed by atoms with Gasteiger partial charge in [-0.2, -0.15) is 5.10 Å². The van der Waals surface area contributed by atoms with Crippen molar-refractivity contribution < 1.29 is 4.79 Å². The molecule has 0 atom stereocenters. The van der Waals surface area contributed by atoms with Crippen LogP contribution in [0, 0.1) is 6.92 Å². The molecule has 4 aromatic rings. The Balaban J connectivity index is 1.62. The van der Waals surface area contributed by atoms with Crippen LogP contribution in [-0.4, -0.2) is 21.1 Å². The number of aromatic nitrogens is 3. The molecule has 5 nitrogen and oxygen atoms in total. The first-order chi connectivity index (χ1) is 12.7. The van der Waals surface area contributed by atoms with Crippen LogP contribution in [0.5, 0.6) is 0 Å². The van der Waals surface area contributed by atoms with Gasteiger partial charge in [0.1, 0.15) is 4.88 Å². The van der Waals surface area contributed by atoms with Gasteiger partial charge in [0.25, 0.3) is 5.91 Å². The fourth-order valence-electron chi connectivity index (χ4n) is 2.74. The average molecular weight is 360 g/mol. The number of rotatable bonds is 4. The summed E-state index contributed by atoms with van der Waals surface area (Å²) in [5.74, 6) is -0.143. The van der Waals surface area contributed by atoms with Crippen molar-refractivity contribution in [1.29, 1.82) is 0 Å². The molecule has 2 heterocycles. The van der Waals surface area contributed by atoms with Gasteiger partial charge in [0, 0.05) is 11.1 Å². The predicted molar refractivity (Wildman–Crippen MR) is 106 cm³/mol. The Hall–Kier alpha value is -3.25. The highest BCUT2D eigenvalue weighted by Gasteiger charge is 2.13. The Morgan fingerprint density at radius 1 is 1.12 bits per heavy atom. The summed E-state index contributed by atoms with van der Waals surface area (Å²) in [4.78, 5) is 17.2. The van der Waals surface area contributed by atoms with E-state index in [0.29, 0.717) is 4.88 Å². The molecule has 0 aliphatic carbocycles. The molecule has 0 aliphatic heterocycles. The van der Waals surface area contributed by atoms with Crippen molar-refractivity contribution in [3.05, 3.63) is 75.9 Å². The number of nitrogens with one attached hydrogen (secondary N) is 2. The van der Waals surface area contributed by atoms with Crippen LogP contribution >= 0.6 is 11.3 Å². The van der Waals surface area contributed by atoms with Crippen LogP contribution < -0.4 is 5.32 Å². The summed E-state index contributed by atoms with van der Waals surface area (Å²) < 4.78 is 0. The number of nitrogens with zero attached hydrogens (tertiary/aromatic N) is 2. The number of benzene rings is 2. The third-order valence-corrected chi connectivity index (χ3v) is 5.01. The molecule has 1 amide bonds. The molecular weight excluding hydrogens is 344 g/mol. The van der Waals surface area contributed by atoms with E-state index in [4.69, 9.17) is 0 Å². The molecule has 26 heavy (non-hydrogen) atoms. The number of carbonyl (C=O) groups is 1. The molecule has 2 aromatic carbocycles. The SMILES string of the molecule is Cc1ncsc1C(=O)Nc1ccccc1C=Cc1n[nH]c2ccccc12. The molecule has 0 unspecified atom stereocenters. The third kappa shape index (κ3) is 3.14. The molecule has 0 aliphatic rings. The van der Waals surface area contributed by atoms with E-state index in [1.807, 2.05) is 67.6 Å². The summed E-state index contributed by atoms with van der Waals surface area (Å²) in [6.07, 6.45) is 3.90. The molecule has 2 N–H and O–H groups in total. The van der Waals surface area contributed by atoms with E-state index in [-0.39, 0.29) is 5.91 Å². The van der Waals surface area contributed by atoms with Crippen LogP contribution in [0.3, 0.4) is 0 Å². The first-order valence-electron chi connectivity index (χ1n) is 8.14. The minimum atomic E-state index is -0.143.